The van der Waals surface area contributed by atoms with Gasteiger partial charge in [-0.15, -0.1) is 11.3 Å². The molecule has 8 nitrogen and oxygen atoms in total. The monoisotopic (exact) mass is 468 g/mol. The number of ether oxygens (including phenoxy) is 2. The molecular formula is C24H24N2O6S. The van der Waals surface area contributed by atoms with E-state index < -0.39 is 17.8 Å². The molecule has 0 fully saturated rings. The fourth-order valence-corrected chi connectivity index (χ4v) is 3.92. The molecule has 0 radical (unpaired) electrons. The lowest BCUT2D eigenvalue weighted by molar-refractivity contribution is -0.115. The molecule has 1 amide bonds. The Kier molecular flexibility index (Phi) is 7.78. The lowest BCUT2D eigenvalue weighted by Gasteiger charge is -2.12. The van der Waals surface area contributed by atoms with Gasteiger partial charge in [0.15, 0.2) is 0 Å². The first-order valence-electron chi connectivity index (χ1n) is 10.2. The average Bonchev–Trinajstić information content (AvgIpc) is 3.26. The van der Waals surface area contributed by atoms with E-state index in [2.05, 4.69) is 24.1 Å². The van der Waals surface area contributed by atoms with Gasteiger partial charge in [-0.1, -0.05) is 32.0 Å². The molecule has 3 rings (SSSR count). The number of hydrogen-bond acceptors (Lipinski definition) is 7. The first-order chi connectivity index (χ1) is 15.8. The van der Waals surface area contributed by atoms with Crippen molar-refractivity contribution in [2.24, 2.45) is 0 Å². The van der Waals surface area contributed by atoms with E-state index in [0.29, 0.717) is 22.9 Å². The number of amides is 1. The molecule has 0 aliphatic heterocycles. The van der Waals surface area contributed by atoms with Crippen LogP contribution in [0, 0.1) is 0 Å². The second kappa shape index (κ2) is 10.7. The van der Waals surface area contributed by atoms with E-state index >= 15 is 0 Å². The first-order valence-corrected chi connectivity index (χ1v) is 11.1. The van der Waals surface area contributed by atoms with Crippen LogP contribution in [0.5, 0.6) is 5.75 Å². The number of nitrogens with one attached hydrogen (secondary N) is 1. The van der Waals surface area contributed by atoms with Gasteiger partial charge in [-0.05, 0) is 29.7 Å². The van der Waals surface area contributed by atoms with E-state index in [9.17, 15) is 19.5 Å². The van der Waals surface area contributed by atoms with Crippen molar-refractivity contribution in [3.63, 3.8) is 0 Å². The summed E-state index contributed by atoms with van der Waals surface area (Å²) in [6, 6.07) is 10.9. The summed E-state index contributed by atoms with van der Waals surface area (Å²) in [5.74, 6) is -1.45. The van der Waals surface area contributed by atoms with Crippen LogP contribution in [0.1, 0.15) is 56.7 Å². The summed E-state index contributed by atoms with van der Waals surface area (Å²) in [6.45, 7) is 4.33. The van der Waals surface area contributed by atoms with Crippen molar-refractivity contribution < 1.29 is 29.0 Å². The second-order valence-corrected chi connectivity index (χ2v) is 8.48. The van der Waals surface area contributed by atoms with Crippen LogP contribution < -0.4 is 10.1 Å². The average molecular weight is 469 g/mol. The summed E-state index contributed by atoms with van der Waals surface area (Å²) < 4.78 is 10.6. The number of hydrogen-bond donors (Lipinski definition) is 2. The van der Waals surface area contributed by atoms with Crippen LogP contribution in [0.4, 0.5) is 5.69 Å². The highest BCUT2D eigenvalue weighted by Crippen LogP contribution is 2.25. The van der Waals surface area contributed by atoms with Crippen molar-refractivity contribution in [2.45, 2.75) is 32.8 Å². The SMILES string of the molecule is COC(=O)c1cc(NC(=O)Cc2ccccc2C(=O)O)cc(OCc2nc(C(C)C)cs2)c1. The number of carbonyl (C=O) groups is 3. The number of carbonyl (C=O) groups excluding carboxylic acids is 2. The Bertz CT molecular complexity index is 1170. The van der Waals surface area contributed by atoms with Crippen LogP contribution in [0.3, 0.4) is 0 Å². The lowest BCUT2D eigenvalue weighted by atomic mass is 10.0. The number of nitrogens with zero attached hydrogens (tertiary/aromatic N) is 1. The van der Waals surface area contributed by atoms with Gasteiger partial charge in [0.05, 0.1) is 30.4 Å². The third kappa shape index (κ3) is 6.39. The van der Waals surface area contributed by atoms with Crippen molar-refractivity contribution in [1.82, 2.24) is 4.98 Å². The van der Waals surface area contributed by atoms with Crippen molar-refractivity contribution in [1.29, 1.82) is 0 Å². The number of methoxy groups -OCH3 is 1. The van der Waals surface area contributed by atoms with Crippen molar-refractivity contribution >= 4 is 34.9 Å². The number of carboxylic acid groups (broad SMARTS) is 1. The molecule has 0 atom stereocenters. The third-order valence-electron chi connectivity index (χ3n) is 4.73. The maximum absolute atomic E-state index is 12.6. The summed E-state index contributed by atoms with van der Waals surface area (Å²) in [5, 5.41) is 14.8. The predicted molar refractivity (Wildman–Crippen MR) is 124 cm³/mol. The standard InChI is InChI=1S/C24H24N2O6S/c1-14(2)20-13-33-22(26-20)12-32-18-9-16(24(30)31-3)8-17(11-18)25-21(27)10-15-6-4-5-7-19(15)23(28)29/h4-9,11,13-14H,10,12H2,1-3H3,(H,25,27)(H,28,29). The minimum atomic E-state index is -1.11. The Labute approximate surface area is 195 Å². The second-order valence-electron chi connectivity index (χ2n) is 7.53. The third-order valence-corrected chi connectivity index (χ3v) is 5.57. The predicted octanol–water partition coefficient (Wildman–Crippen LogP) is 4.51. The van der Waals surface area contributed by atoms with Gasteiger partial charge in [-0.3, -0.25) is 4.79 Å². The first kappa shape index (κ1) is 23.9. The molecular weight excluding hydrogens is 444 g/mol. The summed E-state index contributed by atoms with van der Waals surface area (Å²) in [5.41, 5.74) is 1.96. The zero-order valence-electron chi connectivity index (χ0n) is 18.5. The van der Waals surface area contributed by atoms with Gasteiger partial charge in [-0.2, -0.15) is 0 Å². The minimum Gasteiger partial charge on any atom is -0.486 e. The van der Waals surface area contributed by atoms with Gasteiger partial charge >= 0.3 is 11.9 Å². The normalized spacial score (nSPS) is 10.7. The fraction of sp³-hybridized carbons (Fsp3) is 0.250. The Hall–Kier alpha value is -3.72. The summed E-state index contributed by atoms with van der Waals surface area (Å²) >= 11 is 1.49. The fourth-order valence-electron chi connectivity index (χ4n) is 3.05. The molecule has 1 heterocycles. The van der Waals surface area contributed by atoms with E-state index in [-0.39, 0.29) is 24.2 Å². The Morgan fingerprint density at radius 2 is 1.91 bits per heavy atom. The van der Waals surface area contributed by atoms with Crippen LogP contribution in [-0.4, -0.2) is 35.0 Å². The molecule has 0 spiro atoms. The lowest BCUT2D eigenvalue weighted by Crippen LogP contribution is -2.17. The number of thiazole rings is 1. The molecule has 1 aromatic heterocycles. The van der Waals surface area contributed by atoms with Crippen LogP contribution >= 0.6 is 11.3 Å². The Balaban J connectivity index is 1.77. The van der Waals surface area contributed by atoms with Gasteiger partial charge in [-0.25, -0.2) is 14.6 Å². The van der Waals surface area contributed by atoms with Crippen molar-refractivity contribution in [3.8, 4) is 5.75 Å². The van der Waals surface area contributed by atoms with E-state index in [1.165, 1.54) is 36.6 Å². The van der Waals surface area contributed by atoms with Crippen LogP contribution in [-0.2, 0) is 22.6 Å². The molecule has 0 saturated heterocycles. The molecule has 2 aromatic carbocycles. The van der Waals surface area contributed by atoms with Crippen LogP contribution in [0.15, 0.2) is 47.8 Å². The van der Waals surface area contributed by atoms with E-state index in [1.807, 2.05) is 5.38 Å². The zero-order valence-corrected chi connectivity index (χ0v) is 19.3. The summed E-state index contributed by atoms with van der Waals surface area (Å²) in [6.07, 6.45) is -0.141. The Morgan fingerprint density at radius 1 is 1.15 bits per heavy atom. The Morgan fingerprint density at radius 3 is 2.58 bits per heavy atom. The van der Waals surface area contributed by atoms with Crippen LogP contribution in [0.2, 0.25) is 0 Å². The van der Waals surface area contributed by atoms with Crippen molar-refractivity contribution in [3.05, 3.63) is 75.2 Å². The van der Waals surface area contributed by atoms with E-state index in [0.717, 1.165) is 10.7 Å². The van der Waals surface area contributed by atoms with Gasteiger partial charge in [0.2, 0.25) is 5.91 Å². The highest BCUT2D eigenvalue weighted by molar-refractivity contribution is 7.09. The smallest absolute Gasteiger partial charge is 0.338 e. The molecule has 2 N–H and O–H groups in total. The minimum absolute atomic E-state index is 0.0594. The number of aromatic nitrogens is 1. The number of aromatic carboxylic acids is 1. The number of anilines is 1. The molecule has 0 unspecified atom stereocenters. The number of rotatable bonds is 9. The molecule has 0 bridgehead atoms. The number of benzene rings is 2. The molecule has 0 aliphatic rings. The number of carboxylic acids is 1. The van der Waals surface area contributed by atoms with Gasteiger partial charge in [0, 0.05) is 17.1 Å². The highest BCUT2D eigenvalue weighted by atomic mass is 32.1. The molecule has 0 saturated carbocycles. The molecule has 3 aromatic rings. The maximum Gasteiger partial charge on any atom is 0.338 e. The molecule has 33 heavy (non-hydrogen) atoms. The number of esters is 1. The van der Waals surface area contributed by atoms with Gasteiger partial charge < -0.3 is 19.9 Å². The van der Waals surface area contributed by atoms with Crippen molar-refractivity contribution in [2.75, 3.05) is 12.4 Å². The summed E-state index contributed by atoms with van der Waals surface area (Å²) in [4.78, 5) is 40.6. The topological polar surface area (TPSA) is 115 Å². The van der Waals surface area contributed by atoms with Crippen LogP contribution in [0.25, 0.3) is 0 Å². The highest BCUT2D eigenvalue weighted by Gasteiger charge is 2.15. The van der Waals surface area contributed by atoms with E-state index in [1.54, 1.807) is 24.3 Å². The zero-order chi connectivity index (χ0) is 24.0. The maximum atomic E-state index is 12.6. The van der Waals surface area contributed by atoms with Gasteiger partial charge in [0.25, 0.3) is 0 Å². The largest absolute Gasteiger partial charge is 0.486 e. The van der Waals surface area contributed by atoms with Gasteiger partial charge in [0.1, 0.15) is 17.4 Å². The molecule has 9 heteroatoms. The molecule has 0 aliphatic carbocycles. The molecule has 172 valence electrons. The van der Waals surface area contributed by atoms with E-state index in [4.69, 9.17) is 9.47 Å². The summed E-state index contributed by atoms with van der Waals surface area (Å²) in [7, 11) is 1.26. The quantitative estimate of drug-likeness (QED) is 0.444.